The molecule has 9 heteroatoms. The molecule has 1 aliphatic rings. The maximum atomic E-state index is 12.2. The first-order valence-electron chi connectivity index (χ1n) is 11.8. The Bertz CT molecular complexity index is 1030. The average Bonchev–Trinajstić information content (AvgIpc) is 3.17. The summed E-state index contributed by atoms with van der Waals surface area (Å²) in [6.45, 7) is 1.45. The number of hydrogen-bond donors (Lipinski definition) is 4. The van der Waals surface area contributed by atoms with E-state index in [0.717, 1.165) is 35.1 Å². The molecule has 3 amide bonds. The van der Waals surface area contributed by atoms with E-state index in [-0.39, 0.29) is 32.0 Å². The van der Waals surface area contributed by atoms with E-state index in [1.807, 2.05) is 55.5 Å². The van der Waals surface area contributed by atoms with Gasteiger partial charge in [0, 0.05) is 12.0 Å². The number of amides is 3. The second-order valence-electron chi connectivity index (χ2n) is 8.46. The number of fused-ring (bicyclic) bond motifs is 3. The number of carbonyl (C=O) groups excluding carboxylic acids is 3. The van der Waals surface area contributed by atoms with Gasteiger partial charge in [-0.25, -0.2) is 4.79 Å². The molecule has 2 aromatic rings. The number of aliphatic carboxylic acids is 1. The molecule has 9 nitrogen and oxygen atoms in total. The normalized spacial score (nSPS) is 12.7. The van der Waals surface area contributed by atoms with Crippen LogP contribution < -0.4 is 16.0 Å². The van der Waals surface area contributed by atoms with Crippen LogP contribution in [-0.2, 0) is 19.1 Å². The summed E-state index contributed by atoms with van der Waals surface area (Å²) < 4.78 is 5.38. The zero-order chi connectivity index (χ0) is 25.2. The molecule has 1 atom stereocenters. The number of carboxylic acid groups (broad SMARTS) is 1. The molecule has 186 valence electrons. The van der Waals surface area contributed by atoms with E-state index < -0.39 is 29.9 Å². The number of nitrogens with one attached hydrogen (secondary N) is 3. The first kappa shape index (κ1) is 25.7. The van der Waals surface area contributed by atoms with Crippen molar-refractivity contribution in [3.63, 3.8) is 0 Å². The first-order chi connectivity index (χ1) is 16.9. The maximum Gasteiger partial charge on any atom is 0.407 e. The number of benzene rings is 2. The van der Waals surface area contributed by atoms with E-state index in [9.17, 15) is 19.2 Å². The lowest BCUT2D eigenvalue weighted by Gasteiger charge is -2.17. The second-order valence-corrected chi connectivity index (χ2v) is 8.46. The van der Waals surface area contributed by atoms with Crippen LogP contribution >= 0.6 is 0 Å². The Morgan fingerprint density at radius 1 is 0.914 bits per heavy atom. The Hall–Kier alpha value is -3.88. The summed E-state index contributed by atoms with van der Waals surface area (Å²) >= 11 is 0. The number of ether oxygens (including phenoxy) is 1. The Labute approximate surface area is 204 Å². The quantitative estimate of drug-likeness (QED) is 0.368. The van der Waals surface area contributed by atoms with E-state index >= 15 is 0 Å². The average molecular weight is 482 g/mol. The molecule has 0 bridgehead atoms. The lowest BCUT2D eigenvalue weighted by Crippen LogP contribution is -2.45. The van der Waals surface area contributed by atoms with Crippen LogP contribution in [0.15, 0.2) is 48.5 Å². The highest BCUT2D eigenvalue weighted by Gasteiger charge is 2.29. The predicted molar refractivity (Wildman–Crippen MR) is 130 cm³/mol. The minimum Gasteiger partial charge on any atom is -0.481 e. The van der Waals surface area contributed by atoms with Crippen LogP contribution in [0.3, 0.4) is 0 Å². The molecule has 4 N–H and O–H groups in total. The van der Waals surface area contributed by atoms with Gasteiger partial charge in [-0.05, 0) is 28.7 Å². The molecule has 3 rings (SSSR count). The summed E-state index contributed by atoms with van der Waals surface area (Å²) in [5, 5.41) is 16.4. The molecule has 0 aliphatic heterocycles. The third-order valence-electron chi connectivity index (χ3n) is 5.88. The number of unbranched alkanes of at least 4 members (excludes halogenated alkanes) is 1. The number of alkyl carbamates (subject to hydrolysis) is 1. The standard InChI is InChI=1S/C26H31N3O6/c1-2-3-8-17(13-25(32)33)29-24(31)15-27-23(30)14-28-26(34)35-16-22-20-11-6-4-9-18(20)19-10-5-7-12-21(19)22/h4-7,9-12,17,22H,2-3,8,13-16H2,1H3,(H,27,30)(H,28,34)(H,29,31)(H,32,33)/t17-/m0/s1. The lowest BCUT2D eigenvalue weighted by atomic mass is 9.98. The molecule has 0 fully saturated rings. The molecule has 0 radical (unpaired) electrons. The van der Waals surface area contributed by atoms with Crippen molar-refractivity contribution in [2.75, 3.05) is 19.7 Å². The fourth-order valence-corrected chi connectivity index (χ4v) is 4.21. The Morgan fingerprint density at radius 2 is 1.51 bits per heavy atom. The number of rotatable bonds is 12. The van der Waals surface area contributed by atoms with Gasteiger partial charge in [-0.2, -0.15) is 0 Å². The van der Waals surface area contributed by atoms with Crippen molar-refractivity contribution in [1.29, 1.82) is 0 Å². The maximum absolute atomic E-state index is 12.2. The van der Waals surface area contributed by atoms with Gasteiger partial charge in [-0.3, -0.25) is 14.4 Å². The smallest absolute Gasteiger partial charge is 0.407 e. The molecule has 0 unspecified atom stereocenters. The van der Waals surface area contributed by atoms with Gasteiger partial charge in [0.2, 0.25) is 11.8 Å². The number of hydrogen-bond acceptors (Lipinski definition) is 5. The molecule has 35 heavy (non-hydrogen) atoms. The van der Waals surface area contributed by atoms with Gasteiger partial charge in [-0.1, -0.05) is 68.3 Å². The molecule has 0 aromatic heterocycles. The molecule has 0 heterocycles. The van der Waals surface area contributed by atoms with Crippen LogP contribution in [0.25, 0.3) is 11.1 Å². The zero-order valence-corrected chi connectivity index (χ0v) is 19.7. The Kier molecular flexibility index (Phi) is 9.23. The second kappa shape index (κ2) is 12.5. The Balaban J connectivity index is 1.40. The largest absolute Gasteiger partial charge is 0.481 e. The molecular formula is C26H31N3O6. The molecule has 1 aliphatic carbocycles. The minimum absolute atomic E-state index is 0.0860. The van der Waals surface area contributed by atoms with Gasteiger partial charge in [0.05, 0.1) is 13.0 Å². The van der Waals surface area contributed by atoms with Crippen LogP contribution in [0.5, 0.6) is 0 Å². The fraction of sp³-hybridized carbons (Fsp3) is 0.385. The highest BCUT2D eigenvalue weighted by atomic mass is 16.5. The van der Waals surface area contributed by atoms with Crippen LogP contribution in [0.4, 0.5) is 4.79 Å². The van der Waals surface area contributed by atoms with E-state index in [2.05, 4.69) is 16.0 Å². The van der Waals surface area contributed by atoms with Crippen molar-refractivity contribution in [3.05, 3.63) is 59.7 Å². The summed E-state index contributed by atoms with van der Waals surface area (Å²) in [5.74, 6) is -2.13. The van der Waals surface area contributed by atoms with E-state index in [4.69, 9.17) is 9.84 Å². The highest BCUT2D eigenvalue weighted by Crippen LogP contribution is 2.44. The van der Waals surface area contributed by atoms with Crippen molar-refractivity contribution < 1.29 is 29.0 Å². The molecule has 0 spiro atoms. The topological polar surface area (TPSA) is 134 Å². The van der Waals surface area contributed by atoms with Gasteiger partial charge >= 0.3 is 12.1 Å². The minimum atomic E-state index is -0.997. The first-order valence-corrected chi connectivity index (χ1v) is 11.8. The van der Waals surface area contributed by atoms with Gasteiger partial charge < -0.3 is 25.8 Å². The van der Waals surface area contributed by atoms with Crippen molar-refractivity contribution in [2.24, 2.45) is 0 Å². The summed E-state index contributed by atoms with van der Waals surface area (Å²) in [4.78, 5) is 47.2. The number of carboxylic acids is 1. The Morgan fingerprint density at radius 3 is 2.11 bits per heavy atom. The summed E-state index contributed by atoms with van der Waals surface area (Å²) in [6.07, 6.45) is 1.31. The van der Waals surface area contributed by atoms with Crippen molar-refractivity contribution in [1.82, 2.24) is 16.0 Å². The van der Waals surface area contributed by atoms with E-state index in [1.54, 1.807) is 0 Å². The van der Waals surface area contributed by atoms with Gasteiger partial charge in [0.25, 0.3) is 0 Å². The van der Waals surface area contributed by atoms with Gasteiger partial charge in [-0.15, -0.1) is 0 Å². The highest BCUT2D eigenvalue weighted by molar-refractivity contribution is 5.87. The SMILES string of the molecule is CCCC[C@@H](CC(=O)O)NC(=O)CNC(=O)CNC(=O)OCC1c2ccccc2-c2ccccc21. The summed E-state index contributed by atoms with van der Waals surface area (Å²) in [7, 11) is 0. The van der Waals surface area contributed by atoms with Gasteiger partial charge in [0.1, 0.15) is 13.2 Å². The molecule has 2 aromatic carbocycles. The van der Waals surface area contributed by atoms with E-state index in [0.29, 0.717) is 6.42 Å². The van der Waals surface area contributed by atoms with E-state index in [1.165, 1.54) is 0 Å². The van der Waals surface area contributed by atoms with Gasteiger partial charge in [0.15, 0.2) is 0 Å². The van der Waals surface area contributed by atoms with Crippen molar-refractivity contribution >= 4 is 23.9 Å². The summed E-state index contributed by atoms with van der Waals surface area (Å²) in [6, 6.07) is 15.5. The predicted octanol–water partition coefficient (Wildman–Crippen LogP) is 2.79. The summed E-state index contributed by atoms with van der Waals surface area (Å²) in [5.41, 5.74) is 4.42. The van der Waals surface area contributed by atoms with Crippen LogP contribution in [0.1, 0.15) is 49.7 Å². The zero-order valence-electron chi connectivity index (χ0n) is 19.7. The monoisotopic (exact) mass is 481 g/mol. The third-order valence-corrected chi connectivity index (χ3v) is 5.88. The number of carbonyl (C=O) groups is 4. The van der Waals surface area contributed by atoms with Crippen LogP contribution in [0, 0.1) is 0 Å². The molecule has 0 saturated carbocycles. The van der Waals surface area contributed by atoms with Crippen LogP contribution in [0.2, 0.25) is 0 Å². The lowest BCUT2D eigenvalue weighted by molar-refractivity contribution is -0.138. The van der Waals surface area contributed by atoms with Crippen molar-refractivity contribution in [3.8, 4) is 11.1 Å². The fourth-order valence-electron chi connectivity index (χ4n) is 4.21. The molecular weight excluding hydrogens is 450 g/mol. The van der Waals surface area contributed by atoms with Crippen molar-refractivity contribution in [2.45, 2.75) is 44.6 Å². The van der Waals surface area contributed by atoms with Crippen LogP contribution in [-0.4, -0.2) is 54.7 Å². The molecule has 0 saturated heterocycles. The third kappa shape index (κ3) is 7.30.